The van der Waals surface area contributed by atoms with Crippen LogP contribution in [0.25, 0.3) is 0 Å². The van der Waals surface area contributed by atoms with Crippen LogP contribution in [0.2, 0.25) is 0 Å². The van der Waals surface area contributed by atoms with Gasteiger partial charge in [-0.15, -0.1) is 13.2 Å². The van der Waals surface area contributed by atoms with Crippen molar-refractivity contribution in [2.45, 2.75) is 12.4 Å². The second kappa shape index (κ2) is 4.87. The second-order valence-corrected chi connectivity index (χ2v) is 3.75. The highest BCUT2D eigenvalue weighted by Gasteiger charge is 2.32. The van der Waals surface area contributed by atoms with Gasteiger partial charge in [-0.1, -0.05) is 0 Å². The Bertz CT molecular complexity index is 489. The summed E-state index contributed by atoms with van der Waals surface area (Å²) in [6, 6.07) is 3.19. The van der Waals surface area contributed by atoms with Crippen LogP contribution in [0.4, 0.5) is 18.0 Å². The molecule has 0 bridgehead atoms. The van der Waals surface area contributed by atoms with Gasteiger partial charge in [-0.3, -0.25) is 0 Å². The van der Waals surface area contributed by atoms with Crippen LogP contribution >= 0.6 is 0 Å². The molecule has 1 N–H and O–H groups in total. The topological polar surface area (TPSA) is 56.8 Å². The zero-order valence-corrected chi connectivity index (χ0v) is 9.78. The second-order valence-electron chi connectivity index (χ2n) is 3.75. The molecular weight excluding hydrogens is 267 g/mol. The molecule has 0 saturated carbocycles. The number of carbonyl (C=O) groups excluding carboxylic acids is 1. The number of hydrogen-bond donors (Lipinski definition) is 1. The number of hydrogen-bond acceptors (Lipinski definition) is 4. The molecule has 1 amide bonds. The van der Waals surface area contributed by atoms with E-state index in [9.17, 15) is 18.0 Å². The molecule has 5 nitrogen and oxygen atoms in total. The molecule has 0 radical (unpaired) electrons. The monoisotopic (exact) mass is 277 g/mol. The van der Waals surface area contributed by atoms with Crippen molar-refractivity contribution < 1.29 is 32.2 Å². The van der Waals surface area contributed by atoms with Crippen LogP contribution < -0.4 is 14.8 Å². The molecule has 0 unspecified atom stereocenters. The molecule has 1 aromatic carbocycles. The molecule has 19 heavy (non-hydrogen) atoms. The van der Waals surface area contributed by atoms with E-state index in [4.69, 9.17) is 9.47 Å². The highest BCUT2D eigenvalue weighted by atomic mass is 19.4. The summed E-state index contributed by atoms with van der Waals surface area (Å²) < 4.78 is 49.8. The standard InChI is InChI=1S/C11H10F3NO4/c1-17-9-4-6(19-11(12,13)14)2-3-7(9)8-5-18-10(16)15-8/h2-4,8H,5H2,1H3,(H,15,16)/t8-/m1/s1. The molecule has 0 aromatic heterocycles. The Hall–Kier alpha value is -2.12. The van der Waals surface area contributed by atoms with E-state index in [2.05, 4.69) is 10.1 Å². The Morgan fingerprint density at radius 3 is 2.68 bits per heavy atom. The highest BCUT2D eigenvalue weighted by Crippen LogP contribution is 2.33. The molecule has 0 aliphatic carbocycles. The van der Waals surface area contributed by atoms with Crippen LogP contribution in [0.15, 0.2) is 18.2 Å². The van der Waals surface area contributed by atoms with Crippen molar-refractivity contribution in [1.82, 2.24) is 5.32 Å². The molecule has 1 aliphatic rings. The van der Waals surface area contributed by atoms with Gasteiger partial charge in [0.1, 0.15) is 18.1 Å². The number of cyclic esters (lactones) is 1. The number of rotatable bonds is 3. The fraction of sp³-hybridized carbons (Fsp3) is 0.364. The Morgan fingerprint density at radius 1 is 1.42 bits per heavy atom. The number of benzene rings is 1. The summed E-state index contributed by atoms with van der Waals surface area (Å²) in [6.07, 6.45) is -5.35. The minimum atomic E-state index is -4.77. The van der Waals surface area contributed by atoms with E-state index >= 15 is 0 Å². The summed E-state index contributed by atoms with van der Waals surface area (Å²) in [6.45, 7) is 0.0919. The van der Waals surface area contributed by atoms with E-state index in [0.717, 1.165) is 12.1 Å². The summed E-state index contributed by atoms with van der Waals surface area (Å²) in [5, 5.41) is 2.51. The lowest BCUT2D eigenvalue weighted by Gasteiger charge is -2.15. The van der Waals surface area contributed by atoms with Gasteiger partial charge in [0.2, 0.25) is 0 Å². The van der Waals surface area contributed by atoms with Crippen molar-refractivity contribution in [3.05, 3.63) is 23.8 Å². The number of ether oxygens (including phenoxy) is 3. The summed E-state index contributed by atoms with van der Waals surface area (Å²) in [5.74, 6) is -0.212. The van der Waals surface area contributed by atoms with Gasteiger partial charge in [-0.2, -0.15) is 0 Å². The van der Waals surface area contributed by atoms with Gasteiger partial charge in [-0.05, 0) is 12.1 Å². The Morgan fingerprint density at radius 2 is 2.16 bits per heavy atom. The van der Waals surface area contributed by atoms with Crippen molar-refractivity contribution >= 4 is 6.09 Å². The van der Waals surface area contributed by atoms with Crippen molar-refractivity contribution in [1.29, 1.82) is 0 Å². The van der Waals surface area contributed by atoms with Crippen LogP contribution in [-0.4, -0.2) is 26.2 Å². The number of amides is 1. The number of halogens is 3. The van der Waals surface area contributed by atoms with Crippen LogP contribution in [0.5, 0.6) is 11.5 Å². The van der Waals surface area contributed by atoms with E-state index in [1.54, 1.807) is 0 Å². The first-order valence-electron chi connectivity index (χ1n) is 5.26. The Labute approximate surface area is 106 Å². The third-order valence-electron chi connectivity index (χ3n) is 2.49. The minimum absolute atomic E-state index is 0.0919. The normalized spacial score (nSPS) is 18.7. The molecule has 8 heteroatoms. The SMILES string of the molecule is COc1cc(OC(F)(F)F)ccc1[C@H]1COC(=O)N1. The van der Waals surface area contributed by atoms with Gasteiger partial charge in [0.25, 0.3) is 0 Å². The number of nitrogens with one attached hydrogen (secondary N) is 1. The van der Waals surface area contributed by atoms with Gasteiger partial charge >= 0.3 is 12.5 Å². The molecule has 2 rings (SSSR count). The first-order valence-corrected chi connectivity index (χ1v) is 5.26. The van der Waals surface area contributed by atoms with Crippen molar-refractivity contribution in [3.8, 4) is 11.5 Å². The predicted molar refractivity (Wildman–Crippen MR) is 56.9 cm³/mol. The van der Waals surface area contributed by atoms with Crippen molar-refractivity contribution in [2.24, 2.45) is 0 Å². The van der Waals surface area contributed by atoms with Crippen molar-refractivity contribution in [3.63, 3.8) is 0 Å². The predicted octanol–water partition coefficient (Wildman–Crippen LogP) is 2.37. The smallest absolute Gasteiger partial charge is 0.496 e. The number of methoxy groups -OCH3 is 1. The zero-order valence-electron chi connectivity index (χ0n) is 9.78. The van der Waals surface area contributed by atoms with Gasteiger partial charge < -0.3 is 19.5 Å². The molecule has 1 fully saturated rings. The number of alkyl carbamates (subject to hydrolysis) is 1. The first kappa shape index (κ1) is 13.3. The van der Waals surface area contributed by atoms with E-state index in [1.807, 2.05) is 0 Å². The maximum absolute atomic E-state index is 12.1. The van der Waals surface area contributed by atoms with Crippen LogP contribution in [0.1, 0.15) is 11.6 Å². The van der Waals surface area contributed by atoms with Gasteiger partial charge in [0.05, 0.1) is 13.2 Å². The fourth-order valence-corrected chi connectivity index (χ4v) is 1.73. The molecule has 1 saturated heterocycles. The molecule has 104 valence electrons. The molecule has 1 heterocycles. The lowest BCUT2D eigenvalue weighted by molar-refractivity contribution is -0.274. The zero-order chi connectivity index (χ0) is 14.0. The largest absolute Gasteiger partial charge is 0.573 e. The highest BCUT2D eigenvalue weighted by molar-refractivity contribution is 5.70. The van der Waals surface area contributed by atoms with E-state index in [-0.39, 0.29) is 12.4 Å². The minimum Gasteiger partial charge on any atom is -0.496 e. The van der Waals surface area contributed by atoms with Crippen LogP contribution in [0, 0.1) is 0 Å². The Balaban J connectivity index is 2.24. The number of carbonyl (C=O) groups is 1. The average molecular weight is 277 g/mol. The first-order chi connectivity index (χ1) is 8.89. The summed E-state index contributed by atoms with van der Waals surface area (Å²) in [4.78, 5) is 10.9. The molecule has 1 aliphatic heterocycles. The van der Waals surface area contributed by atoms with E-state index in [0.29, 0.717) is 5.56 Å². The van der Waals surface area contributed by atoms with Gasteiger partial charge in [0, 0.05) is 11.6 Å². The summed E-state index contributed by atoms with van der Waals surface area (Å²) in [7, 11) is 1.31. The maximum Gasteiger partial charge on any atom is 0.573 e. The van der Waals surface area contributed by atoms with Gasteiger partial charge in [0.15, 0.2) is 0 Å². The quantitative estimate of drug-likeness (QED) is 0.921. The lowest BCUT2D eigenvalue weighted by Crippen LogP contribution is -2.19. The summed E-state index contributed by atoms with van der Waals surface area (Å²) in [5.41, 5.74) is 0.517. The van der Waals surface area contributed by atoms with E-state index < -0.39 is 24.2 Å². The molecular formula is C11H10F3NO4. The Kier molecular flexibility index (Phi) is 3.41. The van der Waals surface area contributed by atoms with Gasteiger partial charge in [-0.25, -0.2) is 4.79 Å². The lowest BCUT2D eigenvalue weighted by atomic mass is 10.1. The van der Waals surface area contributed by atoms with E-state index in [1.165, 1.54) is 13.2 Å². The maximum atomic E-state index is 12.1. The van der Waals surface area contributed by atoms with Crippen LogP contribution in [0.3, 0.4) is 0 Å². The molecule has 0 spiro atoms. The average Bonchev–Trinajstić information content (AvgIpc) is 2.73. The third-order valence-corrected chi connectivity index (χ3v) is 2.49. The summed E-state index contributed by atoms with van der Waals surface area (Å²) >= 11 is 0. The molecule has 1 aromatic rings. The van der Waals surface area contributed by atoms with Crippen molar-refractivity contribution in [2.75, 3.05) is 13.7 Å². The fourth-order valence-electron chi connectivity index (χ4n) is 1.73. The third kappa shape index (κ3) is 3.21. The van der Waals surface area contributed by atoms with Crippen LogP contribution in [-0.2, 0) is 4.74 Å². The number of alkyl halides is 3. The molecule has 1 atom stereocenters.